The average molecular weight is 289 g/mol. The molecule has 0 fully saturated rings. The zero-order valence-electron chi connectivity index (χ0n) is 10.3. The van der Waals surface area contributed by atoms with Gasteiger partial charge in [0.2, 0.25) is 0 Å². The summed E-state index contributed by atoms with van der Waals surface area (Å²) in [6.07, 6.45) is 1.77. The van der Waals surface area contributed by atoms with Crippen LogP contribution < -0.4 is 5.32 Å². The van der Waals surface area contributed by atoms with Crippen molar-refractivity contribution in [1.29, 1.82) is 0 Å². The molecular weight excluding hydrogens is 279 g/mol. The minimum atomic E-state index is -0.516. The molecule has 0 atom stereocenters. The Bertz CT molecular complexity index is 797. The molecule has 2 aromatic carbocycles. The van der Waals surface area contributed by atoms with Gasteiger partial charge in [-0.25, -0.2) is 4.39 Å². The first-order valence-electron chi connectivity index (χ1n) is 5.97. The summed E-state index contributed by atoms with van der Waals surface area (Å²) in [5.74, 6) is -0.782. The van der Waals surface area contributed by atoms with Crippen molar-refractivity contribution in [3.05, 3.63) is 65.1 Å². The summed E-state index contributed by atoms with van der Waals surface area (Å²) in [6.45, 7) is 0. The van der Waals surface area contributed by atoms with Crippen molar-refractivity contribution < 1.29 is 9.18 Å². The molecule has 5 heteroatoms. The highest BCUT2D eigenvalue weighted by molar-refractivity contribution is 6.31. The van der Waals surface area contributed by atoms with E-state index in [1.165, 1.54) is 18.2 Å². The van der Waals surface area contributed by atoms with Crippen molar-refractivity contribution in [2.75, 3.05) is 5.32 Å². The second-order valence-corrected chi connectivity index (χ2v) is 4.73. The second kappa shape index (κ2) is 4.98. The number of aromatic amines is 1. The molecule has 3 rings (SSSR count). The quantitative estimate of drug-likeness (QED) is 0.729. The normalized spacial score (nSPS) is 10.7. The van der Waals surface area contributed by atoms with Crippen LogP contribution in [-0.4, -0.2) is 10.9 Å². The third kappa shape index (κ3) is 2.26. The van der Waals surface area contributed by atoms with E-state index < -0.39 is 5.82 Å². The van der Waals surface area contributed by atoms with Crippen LogP contribution in [-0.2, 0) is 0 Å². The topological polar surface area (TPSA) is 44.9 Å². The van der Waals surface area contributed by atoms with Gasteiger partial charge in [0.15, 0.2) is 0 Å². The lowest BCUT2D eigenvalue weighted by molar-refractivity contribution is 0.102. The predicted octanol–water partition coefficient (Wildman–Crippen LogP) is 4.21. The van der Waals surface area contributed by atoms with E-state index in [1.807, 2.05) is 12.1 Å². The number of H-pyrrole nitrogens is 1. The molecule has 0 bridgehead atoms. The molecule has 0 aliphatic carbocycles. The minimum absolute atomic E-state index is 0.0253. The summed E-state index contributed by atoms with van der Waals surface area (Å²) in [7, 11) is 0. The maximum absolute atomic E-state index is 13.1. The Morgan fingerprint density at radius 1 is 1.20 bits per heavy atom. The summed E-state index contributed by atoms with van der Waals surface area (Å²) in [5, 5.41) is 3.51. The zero-order valence-corrected chi connectivity index (χ0v) is 11.0. The van der Waals surface area contributed by atoms with Gasteiger partial charge in [0.25, 0.3) is 5.91 Å². The monoisotopic (exact) mass is 288 g/mol. The van der Waals surface area contributed by atoms with Crippen LogP contribution in [0.2, 0.25) is 5.02 Å². The molecular formula is C15H10ClFN2O. The molecule has 20 heavy (non-hydrogen) atoms. The second-order valence-electron chi connectivity index (χ2n) is 4.33. The zero-order chi connectivity index (χ0) is 14.1. The largest absolute Gasteiger partial charge is 0.361 e. The molecule has 0 saturated carbocycles. The molecule has 100 valence electrons. The van der Waals surface area contributed by atoms with Gasteiger partial charge in [-0.05, 0) is 36.4 Å². The van der Waals surface area contributed by atoms with Crippen LogP contribution in [0.1, 0.15) is 10.4 Å². The highest BCUT2D eigenvalue weighted by atomic mass is 35.5. The standard InChI is InChI=1S/C15H10ClFN2O/c16-12-8-9(4-5-13(12)17)19-15(20)11-2-1-3-14-10(11)6-7-18-14/h1-8,18H,(H,19,20). The first-order chi connectivity index (χ1) is 9.65. The van der Waals surface area contributed by atoms with Crippen molar-refractivity contribution in [2.45, 2.75) is 0 Å². The van der Waals surface area contributed by atoms with Crippen molar-refractivity contribution in [1.82, 2.24) is 4.98 Å². The van der Waals surface area contributed by atoms with Gasteiger partial charge in [0, 0.05) is 28.4 Å². The summed E-state index contributed by atoms with van der Waals surface area (Å²) in [5.41, 5.74) is 1.88. The van der Waals surface area contributed by atoms with Crippen molar-refractivity contribution in [3.8, 4) is 0 Å². The highest BCUT2D eigenvalue weighted by Crippen LogP contribution is 2.22. The first-order valence-corrected chi connectivity index (χ1v) is 6.35. The highest BCUT2D eigenvalue weighted by Gasteiger charge is 2.11. The van der Waals surface area contributed by atoms with E-state index in [1.54, 1.807) is 18.3 Å². The smallest absolute Gasteiger partial charge is 0.256 e. The van der Waals surface area contributed by atoms with Gasteiger partial charge in [0.05, 0.1) is 5.02 Å². The Kier molecular flexibility index (Phi) is 3.16. The fourth-order valence-electron chi connectivity index (χ4n) is 2.06. The van der Waals surface area contributed by atoms with E-state index >= 15 is 0 Å². The summed E-state index contributed by atoms with van der Waals surface area (Å²) >= 11 is 5.69. The number of aromatic nitrogens is 1. The fraction of sp³-hybridized carbons (Fsp3) is 0. The summed E-state index contributed by atoms with van der Waals surface area (Å²) < 4.78 is 13.1. The van der Waals surface area contributed by atoms with Crippen molar-refractivity contribution >= 4 is 34.1 Å². The lowest BCUT2D eigenvalue weighted by Crippen LogP contribution is -2.12. The van der Waals surface area contributed by atoms with Crippen molar-refractivity contribution in [3.63, 3.8) is 0 Å². The molecule has 0 aliphatic rings. The molecule has 0 spiro atoms. The van der Waals surface area contributed by atoms with Crippen LogP contribution in [0.25, 0.3) is 10.9 Å². The van der Waals surface area contributed by atoms with Gasteiger partial charge in [-0.15, -0.1) is 0 Å². The Hall–Kier alpha value is -2.33. The van der Waals surface area contributed by atoms with Gasteiger partial charge >= 0.3 is 0 Å². The molecule has 0 unspecified atom stereocenters. The maximum Gasteiger partial charge on any atom is 0.256 e. The number of nitrogens with one attached hydrogen (secondary N) is 2. The van der Waals surface area contributed by atoms with Crippen LogP contribution in [0.3, 0.4) is 0 Å². The molecule has 0 aliphatic heterocycles. The van der Waals surface area contributed by atoms with Crippen LogP contribution in [0, 0.1) is 5.82 Å². The Balaban J connectivity index is 1.93. The molecule has 0 radical (unpaired) electrons. The molecule has 1 heterocycles. The van der Waals surface area contributed by atoms with E-state index in [9.17, 15) is 9.18 Å². The predicted molar refractivity (Wildman–Crippen MR) is 77.7 cm³/mol. The Morgan fingerprint density at radius 2 is 2.05 bits per heavy atom. The van der Waals surface area contributed by atoms with Gasteiger partial charge in [0.1, 0.15) is 5.82 Å². The first kappa shape index (κ1) is 12.7. The van der Waals surface area contributed by atoms with E-state index in [4.69, 9.17) is 11.6 Å². The van der Waals surface area contributed by atoms with E-state index in [2.05, 4.69) is 10.3 Å². The van der Waals surface area contributed by atoms with Crippen LogP contribution >= 0.6 is 11.6 Å². The van der Waals surface area contributed by atoms with Gasteiger partial charge in [-0.3, -0.25) is 4.79 Å². The minimum Gasteiger partial charge on any atom is -0.361 e. The van der Waals surface area contributed by atoms with E-state index in [-0.39, 0.29) is 10.9 Å². The van der Waals surface area contributed by atoms with Gasteiger partial charge in [-0.1, -0.05) is 17.7 Å². The average Bonchev–Trinajstić information content (AvgIpc) is 2.91. The van der Waals surface area contributed by atoms with Crippen LogP contribution in [0.5, 0.6) is 0 Å². The van der Waals surface area contributed by atoms with Crippen molar-refractivity contribution in [2.24, 2.45) is 0 Å². The summed E-state index contributed by atoms with van der Waals surface area (Å²) in [6, 6.07) is 11.3. The lowest BCUT2D eigenvalue weighted by Gasteiger charge is -2.07. The number of anilines is 1. The molecule has 3 nitrogen and oxygen atoms in total. The number of fused-ring (bicyclic) bond motifs is 1. The Morgan fingerprint density at radius 3 is 2.85 bits per heavy atom. The molecule has 1 amide bonds. The Labute approximate surface area is 119 Å². The van der Waals surface area contributed by atoms with E-state index in [0.29, 0.717) is 11.3 Å². The number of rotatable bonds is 2. The number of carbonyl (C=O) groups excluding carboxylic acids is 1. The van der Waals surface area contributed by atoms with Crippen LogP contribution in [0.15, 0.2) is 48.7 Å². The number of halogens is 2. The van der Waals surface area contributed by atoms with Gasteiger partial charge < -0.3 is 10.3 Å². The fourth-order valence-corrected chi connectivity index (χ4v) is 2.24. The number of amides is 1. The molecule has 3 aromatic rings. The summed E-state index contributed by atoms with van der Waals surface area (Å²) in [4.78, 5) is 15.3. The molecule has 1 aromatic heterocycles. The number of benzene rings is 2. The number of hydrogen-bond acceptors (Lipinski definition) is 1. The third-order valence-corrected chi connectivity index (χ3v) is 3.31. The van der Waals surface area contributed by atoms with Gasteiger partial charge in [-0.2, -0.15) is 0 Å². The third-order valence-electron chi connectivity index (χ3n) is 3.02. The molecule has 0 saturated heterocycles. The SMILES string of the molecule is O=C(Nc1ccc(F)c(Cl)c1)c1cccc2[nH]ccc12. The van der Waals surface area contributed by atoms with Crippen LogP contribution in [0.4, 0.5) is 10.1 Å². The number of hydrogen-bond donors (Lipinski definition) is 2. The maximum atomic E-state index is 13.1. The number of carbonyl (C=O) groups is 1. The molecule has 2 N–H and O–H groups in total. The van der Waals surface area contributed by atoms with E-state index in [0.717, 1.165) is 10.9 Å². The lowest BCUT2D eigenvalue weighted by atomic mass is 10.1.